The summed E-state index contributed by atoms with van der Waals surface area (Å²) in [6, 6.07) is 11.4. The van der Waals surface area contributed by atoms with Crippen molar-refractivity contribution in [3.05, 3.63) is 52.5 Å². The van der Waals surface area contributed by atoms with Gasteiger partial charge in [-0.15, -0.1) is 0 Å². The van der Waals surface area contributed by atoms with Crippen molar-refractivity contribution in [1.29, 1.82) is 0 Å². The van der Waals surface area contributed by atoms with Crippen molar-refractivity contribution in [2.45, 2.75) is 44.1 Å². The first-order valence-electron chi connectivity index (χ1n) is 11.3. The van der Waals surface area contributed by atoms with Gasteiger partial charge in [0.1, 0.15) is 0 Å². The van der Waals surface area contributed by atoms with E-state index in [1.54, 1.807) is 24.3 Å². The van der Waals surface area contributed by atoms with E-state index in [0.717, 1.165) is 42.5 Å². The summed E-state index contributed by atoms with van der Waals surface area (Å²) in [5.41, 5.74) is 2.72. The maximum atomic E-state index is 13.2. The Morgan fingerprint density at radius 2 is 1.91 bits per heavy atom. The number of halogens is 2. The zero-order valence-electron chi connectivity index (χ0n) is 19.1. The fourth-order valence-corrected chi connectivity index (χ4v) is 5.71. The van der Waals surface area contributed by atoms with Crippen LogP contribution in [0.4, 0.5) is 11.4 Å². The van der Waals surface area contributed by atoms with Gasteiger partial charge in [0.05, 0.1) is 0 Å². The van der Waals surface area contributed by atoms with E-state index >= 15 is 0 Å². The number of amides is 1. The number of benzene rings is 2. The summed E-state index contributed by atoms with van der Waals surface area (Å²) in [6.07, 6.45) is 2.24. The third-order valence-electron chi connectivity index (χ3n) is 5.91. The SMILES string of the molecule is CC[I-]Cc1cc(O)c(NCC2CCN(C(C)C)CC2)c(C(=O)Nc2ccc(Cl)cc2)c1. The summed E-state index contributed by atoms with van der Waals surface area (Å²) in [5, 5.41) is 17.8. The van der Waals surface area contributed by atoms with Crippen molar-refractivity contribution in [2.75, 3.05) is 34.7 Å². The fraction of sp³-hybridized carbons (Fsp3) is 0.480. The molecular weight excluding hydrogens is 537 g/mol. The summed E-state index contributed by atoms with van der Waals surface area (Å²) in [5.74, 6) is 0.460. The standard InChI is InChI=1S/C25H34ClIN3O2/c1-4-27-15-19-13-22(25(32)29-21-7-5-20(26)6-8-21)24(23(31)14-19)28-16-18-9-11-30(12-10-18)17(2)3/h5-8,13-14,17-18,28,31H,4,9-12,15-16H2,1-3H3,(H,29,32)/q-1. The molecule has 0 bridgehead atoms. The molecule has 1 fully saturated rings. The van der Waals surface area contributed by atoms with Gasteiger partial charge in [-0.2, -0.15) is 0 Å². The first-order chi connectivity index (χ1) is 15.4. The Kier molecular flexibility index (Phi) is 9.49. The molecule has 3 N–H and O–H groups in total. The van der Waals surface area contributed by atoms with E-state index in [2.05, 4.69) is 36.3 Å². The molecule has 2 aromatic carbocycles. The van der Waals surface area contributed by atoms with Gasteiger partial charge in [0.25, 0.3) is 0 Å². The number of phenols is 1. The summed E-state index contributed by atoms with van der Waals surface area (Å²) in [7, 11) is 0. The van der Waals surface area contributed by atoms with Crippen molar-refractivity contribution in [1.82, 2.24) is 4.90 Å². The Balaban J connectivity index is 1.76. The molecule has 0 saturated carbocycles. The number of alkyl halides is 2. The second-order valence-electron chi connectivity index (χ2n) is 8.54. The van der Waals surface area contributed by atoms with Gasteiger partial charge in [-0.05, 0) is 13.8 Å². The van der Waals surface area contributed by atoms with Crippen LogP contribution in [0.1, 0.15) is 49.5 Å². The summed E-state index contributed by atoms with van der Waals surface area (Å²) >= 11 is 6.00. The predicted octanol–water partition coefficient (Wildman–Crippen LogP) is 2.44. The molecule has 1 saturated heterocycles. The van der Waals surface area contributed by atoms with Crippen LogP contribution >= 0.6 is 11.6 Å². The van der Waals surface area contributed by atoms with Crippen LogP contribution in [0.2, 0.25) is 5.02 Å². The summed E-state index contributed by atoms with van der Waals surface area (Å²) in [4.78, 5) is 15.7. The molecule has 32 heavy (non-hydrogen) atoms. The van der Waals surface area contributed by atoms with Crippen LogP contribution in [0.15, 0.2) is 36.4 Å². The number of carbonyl (C=O) groups excluding carboxylic acids is 1. The number of hydrogen-bond donors (Lipinski definition) is 3. The number of piperidine rings is 1. The van der Waals surface area contributed by atoms with Crippen molar-refractivity contribution in [3.8, 4) is 5.75 Å². The van der Waals surface area contributed by atoms with Gasteiger partial charge in [-0.3, -0.25) is 0 Å². The zero-order valence-corrected chi connectivity index (χ0v) is 22.0. The van der Waals surface area contributed by atoms with Gasteiger partial charge in [0, 0.05) is 0 Å². The van der Waals surface area contributed by atoms with Crippen LogP contribution < -0.4 is 31.8 Å². The van der Waals surface area contributed by atoms with E-state index in [0.29, 0.717) is 33.9 Å². The van der Waals surface area contributed by atoms with Crippen LogP contribution in [0.3, 0.4) is 0 Å². The molecular formula is C25H34ClIN3O2-. The number of nitrogens with zero attached hydrogens (tertiary/aromatic N) is 1. The Hall–Kier alpha value is -1.51. The Morgan fingerprint density at radius 3 is 2.53 bits per heavy atom. The molecule has 1 aliphatic rings. The number of likely N-dealkylation sites (tertiary alicyclic amines) is 1. The van der Waals surface area contributed by atoms with E-state index in [-0.39, 0.29) is 32.9 Å². The van der Waals surface area contributed by atoms with Crippen molar-refractivity contribution >= 4 is 28.9 Å². The molecule has 0 radical (unpaired) electrons. The van der Waals surface area contributed by atoms with E-state index in [4.69, 9.17) is 11.6 Å². The van der Waals surface area contributed by atoms with Gasteiger partial charge in [-0.25, -0.2) is 0 Å². The van der Waals surface area contributed by atoms with Gasteiger partial charge >= 0.3 is 194 Å². The van der Waals surface area contributed by atoms with Gasteiger partial charge in [0.2, 0.25) is 0 Å². The van der Waals surface area contributed by atoms with Crippen LogP contribution in [0.5, 0.6) is 5.75 Å². The number of anilines is 2. The molecule has 0 spiro atoms. The van der Waals surface area contributed by atoms with Gasteiger partial charge in [-0.1, -0.05) is 0 Å². The molecule has 1 aliphatic heterocycles. The van der Waals surface area contributed by atoms with E-state index in [1.165, 1.54) is 4.43 Å². The second-order valence-corrected chi connectivity index (χ2v) is 12.3. The van der Waals surface area contributed by atoms with Gasteiger partial charge < -0.3 is 0 Å². The molecule has 0 unspecified atom stereocenters. The molecule has 7 heteroatoms. The molecule has 3 rings (SSSR count). The van der Waals surface area contributed by atoms with E-state index < -0.39 is 0 Å². The molecule has 2 aromatic rings. The summed E-state index contributed by atoms with van der Waals surface area (Å²) < 4.78 is 2.11. The Bertz CT molecular complexity index is 897. The number of hydrogen-bond acceptors (Lipinski definition) is 4. The topological polar surface area (TPSA) is 64.6 Å². The number of phenolic OH excluding ortho intramolecular Hbond substituents is 1. The predicted molar refractivity (Wildman–Crippen MR) is 130 cm³/mol. The van der Waals surface area contributed by atoms with Crippen molar-refractivity contribution < 1.29 is 31.1 Å². The van der Waals surface area contributed by atoms with E-state index in [1.807, 2.05) is 12.1 Å². The van der Waals surface area contributed by atoms with Crippen molar-refractivity contribution in [3.63, 3.8) is 0 Å². The van der Waals surface area contributed by atoms with E-state index in [9.17, 15) is 9.90 Å². The van der Waals surface area contributed by atoms with Crippen LogP contribution in [0, 0.1) is 5.92 Å². The Labute approximate surface area is 207 Å². The average molecular weight is 571 g/mol. The number of carbonyl (C=O) groups is 1. The third-order valence-corrected chi connectivity index (χ3v) is 8.66. The quantitative estimate of drug-likeness (QED) is 0.246. The Morgan fingerprint density at radius 1 is 1.22 bits per heavy atom. The maximum absolute atomic E-state index is 13.2. The van der Waals surface area contributed by atoms with Crippen LogP contribution in [-0.4, -0.2) is 46.0 Å². The average Bonchev–Trinajstić information content (AvgIpc) is 2.78. The molecule has 0 aromatic heterocycles. The summed E-state index contributed by atoms with van der Waals surface area (Å²) in [6.45, 7) is 9.61. The second kappa shape index (κ2) is 12.1. The monoisotopic (exact) mass is 570 g/mol. The third kappa shape index (κ3) is 6.99. The first-order valence-corrected chi connectivity index (χ1v) is 14.7. The van der Waals surface area contributed by atoms with Crippen LogP contribution in [0.25, 0.3) is 0 Å². The number of rotatable bonds is 9. The normalized spacial score (nSPS) is 15.3. The number of aromatic hydroxyl groups is 1. The molecule has 0 aliphatic carbocycles. The minimum atomic E-state index is -0.226. The molecule has 176 valence electrons. The van der Waals surface area contributed by atoms with Gasteiger partial charge in [0.15, 0.2) is 0 Å². The zero-order chi connectivity index (χ0) is 23.1. The molecule has 5 nitrogen and oxygen atoms in total. The number of nitrogens with one attached hydrogen (secondary N) is 2. The minimum absolute atomic E-state index is 0.0294. The molecule has 1 amide bonds. The fourth-order valence-electron chi connectivity index (χ4n) is 3.98. The van der Waals surface area contributed by atoms with Crippen LogP contribution in [-0.2, 0) is 4.43 Å². The first kappa shape index (κ1) is 25.1. The molecule has 1 heterocycles. The molecule has 0 atom stereocenters. The van der Waals surface area contributed by atoms with Crippen molar-refractivity contribution in [2.24, 2.45) is 5.92 Å².